The molecule has 0 saturated carbocycles. The maximum absolute atomic E-state index is 12.8. The monoisotopic (exact) mass is 435 g/mol. The van der Waals surface area contributed by atoms with Gasteiger partial charge in [-0.15, -0.1) is 0 Å². The van der Waals surface area contributed by atoms with Gasteiger partial charge in [0.2, 0.25) is 17.7 Å². The van der Waals surface area contributed by atoms with Gasteiger partial charge in [-0.05, 0) is 38.8 Å². The predicted molar refractivity (Wildman–Crippen MR) is 116 cm³/mol. The fraction of sp³-hybridized carbons (Fsp3) is 0.524. The number of benzene rings is 1. The van der Waals surface area contributed by atoms with Crippen LogP contribution in [0.3, 0.4) is 0 Å². The highest BCUT2D eigenvalue weighted by Crippen LogP contribution is 2.06. The molecule has 1 aromatic carbocycles. The first-order valence-corrected chi connectivity index (χ1v) is 10.3. The molecule has 8 N–H and O–H groups in total. The third-order valence-corrected chi connectivity index (χ3v) is 4.70. The molecule has 0 aliphatic rings. The van der Waals surface area contributed by atoms with E-state index >= 15 is 0 Å². The number of nitrogens with two attached hydrogens (primary N) is 2. The van der Waals surface area contributed by atoms with Gasteiger partial charge in [0.1, 0.15) is 18.1 Å². The van der Waals surface area contributed by atoms with Crippen LogP contribution in [0.25, 0.3) is 0 Å². The van der Waals surface area contributed by atoms with Crippen LogP contribution < -0.4 is 27.4 Å². The molecule has 0 saturated heterocycles. The van der Waals surface area contributed by atoms with E-state index in [1.165, 1.54) is 13.8 Å². The van der Waals surface area contributed by atoms with Crippen molar-refractivity contribution in [3.05, 3.63) is 35.9 Å². The standard InChI is InChI=1S/C21H33N5O5/c1-13(18(27)25-14(2)21(30)31)24-20(29)17(12-15-8-4-3-5-9-15)26-19(28)16(23)10-6-7-11-22/h3-5,8-9,13-14,16-17H,6-7,10-12,22-23H2,1-2H3,(H,24,29)(H,25,27)(H,26,28)(H,30,31)/t13-,14-,16-,17-/m0/s1. The molecule has 10 nitrogen and oxygen atoms in total. The molecule has 0 unspecified atom stereocenters. The van der Waals surface area contributed by atoms with Crippen LogP contribution in [0.15, 0.2) is 30.3 Å². The zero-order chi connectivity index (χ0) is 23.4. The molecule has 10 heteroatoms. The first kappa shape index (κ1) is 26.1. The lowest BCUT2D eigenvalue weighted by molar-refractivity contribution is -0.141. The van der Waals surface area contributed by atoms with Crippen molar-refractivity contribution < 1.29 is 24.3 Å². The molecule has 31 heavy (non-hydrogen) atoms. The lowest BCUT2D eigenvalue weighted by Crippen LogP contribution is -2.56. The van der Waals surface area contributed by atoms with Crippen molar-refractivity contribution in [1.82, 2.24) is 16.0 Å². The van der Waals surface area contributed by atoms with Crippen molar-refractivity contribution in [2.24, 2.45) is 11.5 Å². The summed E-state index contributed by atoms with van der Waals surface area (Å²) in [7, 11) is 0. The third-order valence-electron chi connectivity index (χ3n) is 4.70. The Morgan fingerprint density at radius 2 is 1.52 bits per heavy atom. The Hall–Kier alpha value is -2.98. The van der Waals surface area contributed by atoms with Crippen molar-refractivity contribution in [1.29, 1.82) is 0 Å². The van der Waals surface area contributed by atoms with Gasteiger partial charge < -0.3 is 32.5 Å². The van der Waals surface area contributed by atoms with Crippen molar-refractivity contribution in [2.75, 3.05) is 6.54 Å². The van der Waals surface area contributed by atoms with E-state index in [4.69, 9.17) is 16.6 Å². The smallest absolute Gasteiger partial charge is 0.325 e. The molecule has 0 aliphatic heterocycles. The summed E-state index contributed by atoms with van der Waals surface area (Å²) < 4.78 is 0. The number of carbonyl (C=O) groups excluding carboxylic acids is 3. The summed E-state index contributed by atoms with van der Waals surface area (Å²) >= 11 is 0. The fourth-order valence-corrected chi connectivity index (χ4v) is 2.76. The molecule has 172 valence electrons. The van der Waals surface area contributed by atoms with Crippen LogP contribution in [-0.4, -0.2) is 59.5 Å². The van der Waals surface area contributed by atoms with Gasteiger partial charge in [0.15, 0.2) is 0 Å². The molecule has 0 heterocycles. The molecule has 0 bridgehead atoms. The van der Waals surface area contributed by atoms with Crippen molar-refractivity contribution >= 4 is 23.7 Å². The molecular formula is C21H33N5O5. The highest BCUT2D eigenvalue weighted by Gasteiger charge is 2.27. The van der Waals surface area contributed by atoms with E-state index in [0.717, 1.165) is 12.0 Å². The second-order valence-corrected chi connectivity index (χ2v) is 7.44. The van der Waals surface area contributed by atoms with Crippen LogP contribution in [-0.2, 0) is 25.6 Å². The SMILES string of the molecule is C[C@H](NC(=O)[C@H](C)NC(=O)[C@H](Cc1ccccc1)NC(=O)[C@@H](N)CCCCN)C(=O)O. The third kappa shape index (κ3) is 9.58. The summed E-state index contributed by atoms with van der Waals surface area (Å²) in [5.41, 5.74) is 12.2. The number of rotatable bonds is 13. The normalized spacial score (nSPS) is 14.6. The Bertz CT molecular complexity index is 743. The highest BCUT2D eigenvalue weighted by atomic mass is 16.4. The van der Waals surface area contributed by atoms with Crippen LogP contribution in [0.4, 0.5) is 0 Å². The molecule has 1 aromatic rings. The van der Waals surface area contributed by atoms with E-state index in [0.29, 0.717) is 19.4 Å². The summed E-state index contributed by atoms with van der Waals surface area (Å²) in [5, 5.41) is 16.4. The van der Waals surface area contributed by atoms with Gasteiger partial charge in [-0.1, -0.05) is 36.8 Å². The average Bonchev–Trinajstić information content (AvgIpc) is 2.73. The summed E-state index contributed by atoms with van der Waals surface area (Å²) in [6, 6.07) is 5.26. The Kier molecular flexibility index (Phi) is 11.2. The minimum atomic E-state index is -1.19. The minimum absolute atomic E-state index is 0.202. The fourth-order valence-electron chi connectivity index (χ4n) is 2.76. The number of unbranched alkanes of at least 4 members (excludes halogenated alkanes) is 1. The van der Waals surface area contributed by atoms with Gasteiger partial charge in [-0.25, -0.2) is 0 Å². The summed E-state index contributed by atoms with van der Waals surface area (Å²) in [4.78, 5) is 48.4. The van der Waals surface area contributed by atoms with Crippen LogP contribution in [0.5, 0.6) is 0 Å². The van der Waals surface area contributed by atoms with Crippen LogP contribution >= 0.6 is 0 Å². The Labute approximate surface area is 182 Å². The predicted octanol–water partition coefficient (Wildman–Crippen LogP) is -0.736. The number of amides is 3. The number of hydrogen-bond acceptors (Lipinski definition) is 6. The number of carbonyl (C=O) groups is 4. The van der Waals surface area contributed by atoms with E-state index in [9.17, 15) is 19.2 Å². The van der Waals surface area contributed by atoms with Gasteiger partial charge in [-0.2, -0.15) is 0 Å². The van der Waals surface area contributed by atoms with Crippen LogP contribution in [0.1, 0.15) is 38.7 Å². The zero-order valence-corrected chi connectivity index (χ0v) is 18.0. The summed E-state index contributed by atoms with van der Waals surface area (Å²) in [6.45, 7) is 3.26. The molecule has 0 radical (unpaired) electrons. The first-order valence-electron chi connectivity index (χ1n) is 10.3. The number of carboxylic acids is 1. The lowest BCUT2D eigenvalue weighted by Gasteiger charge is -2.23. The molecular weight excluding hydrogens is 402 g/mol. The number of carboxylic acid groups (broad SMARTS) is 1. The summed E-state index contributed by atoms with van der Waals surface area (Å²) in [6.07, 6.45) is 2.08. The number of nitrogens with one attached hydrogen (secondary N) is 3. The second-order valence-electron chi connectivity index (χ2n) is 7.44. The van der Waals surface area contributed by atoms with Crippen molar-refractivity contribution in [3.63, 3.8) is 0 Å². The van der Waals surface area contributed by atoms with E-state index in [1.54, 1.807) is 0 Å². The molecule has 0 aromatic heterocycles. The summed E-state index contributed by atoms with van der Waals surface area (Å²) in [5.74, 6) is -2.88. The Morgan fingerprint density at radius 1 is 0.903 bits per heavy atom. The largest absolute Gasteiger partial charge is 0.480 e. The van der Waals surface area contributed by atoms with Gasteiger partial charge in [-0.3, -0.25) is 19.2 Å². The lowest BCUT2D eigenvalue weighted by atomic mass is 10.0. The van der Waals surface area contributed by atoms with E-state index in [-0.39, 0.29) is 6.42 Å². The molecule has 3 amide bonds. The van der Waals surface area contributed by atoms with Crippen molar-refractivity contribution in [3.8, 4) is 0 Å². The maximum Gasteiger partial charge on any atom is 0.325 e. The maximum atomic E-state index is 12.8. The zero-order valence-electron chi connectivity index (χ0n) is 18.0. The van der Waals surface area contributed by atoms with Gasteiger partial charge in [0.25, 0.3) is 0 Å². The van der Waals surface area contributed by atoms with Crippen molar-refractivity contribution in [2.45, 2.75) is 63.7 Å². The first-order chi connectivity index (χ1) is 14.6. The van der Waals surface area contributed by atoms with E-state index < -0.39 is 47.9 Å². The highest BCUT2D eigenvalue weighted by molar-refractivity contribution is 5.94. The number of aliphatic carboxylic acids is 1. The molecule has 0 aliphatic carbocycles. The van der Waals surface area contributed by atoms with Crippen LogP contribution in [0, 0.1) is 0 Å². The minimum Gasteiger partial charge on any atom is -0.480 e. The second kappa shape index (κ2) is 13.3. The average molecular weight is 436 g/mol. The van der Waals surface area contributed by atoms with Gasteiger partial charge in [0.05, 0.1) is 6.04 Å². The topological polar surface area (TPSA) is 177 Å². The van der Waals surface area contributed by atoms with E-state index in [2.05, 4.69) is 16.0 Å². The Morgan fingerprint density at radius 3 is 2.10 bits per heavy atom. The van der Waals surface area contributed by atoms with Gasteiger partial charge >= 0.3 is 5.97 Å². The van der Waals surface area contributed by atoms with E-state index in [1.807, 2.05) is 30.3 Å². The quantitative estimate of drug-likeness (QED) is 0.221. The molecule has 0 fully saturated rings. The molecule has 4 atom stereocenters. The molecule has 1 rings (SSSR count). The number of hydrogen-bond donors (Lipinski definition) is 6. The van der Waals surface area contributed by atoms with Gasteiger partial charge in [0, 0.05) is 6.42 Å². The van der Waals surface area contributed by atoms with Crippen LogP contribution in [0.2, 0.25) is 0 Å². The Balaban J connectivity index is 2.82. The molecule has 0 spiro atoms.